The molecule has 0 N–H and O–H groups in total. The predicted octanol–water partition coefficient (Wildman–Crippen LogP) is 2.62. The number of hydrogen-bond donors (Lipinski definition) is 0. The van der Waals surface area contributed by atoms with Crippen molar-refractivity contribution >= 4 is 11.9 Å². The molecule has 0 aliphatic heterocycles. The molecule has 0 heterocycles. The van der Waals surface area contributed by atoms with E-state index in [4.69, 9.17) is 9.47 Å². The van der Waals surface area contributed by atoms with Crippen molar-refractivity contribution in [3.8, 4) is 0 Å². The first-order chi connectivity index (χ1) is 9.97. The molecule has 1 aliphatic rings. The van der Waals surface area contributed by atoms with Gasteiger partial charge < -0.3 is 9.47 Å². The van der Waals surface area contributed by atoms with Crippen molar-refractivity contribution < 1.29 is 19.1 Å². The number of esters is 2. The normalized spacial score (nSPS) is 18.7. The van der Waals surface area contributed by atoms with E-state index in [0.717, 1.165) is 23.1 Å². The predicted molar refractivity (Wildman–Crippen MR) is 78.8 cm³/mol. The topological polar surface area (TPSA) is 52.6 Å². The molecule has 0 radical (unpaired) electrons. The Balaban J connectivity index is 2.38. The van der Waals surface area contributed by atoms with Crippen LogP contribution in [0.4, 0.5) is 0 Å². The molecule has 1 aromatic carbocycles. The molecule has 4 nitrogen and oxygen atoms in total. The van der Waals surface area contributed by atoms with E-state index >= 15 is 0 Å². The van der Waals surface area contributed by atoms with E-state index in [1.54, 1.807) is 0 Å². The van der Waals surface area contributed by atoms with Gasteiger partial charge in [-0.2, -0.15) is 0 Å². The summed E-state index contributed by atoms with van der Waals surface area (Å²) in [6, 6.07) is 7.81. The number of hydrogen-bond acceptors (Lipinski definition) is 4. The van der Waals surface area contributed by atoms with Gasteiger partial charge in [0.1, 0.15) is 0 Å². The third-order valence-corrected chi connectivity index (χ3v) is 3.98. The molecule has 0 amide bonds. The van der Waals surface area contributed by atoms with Gasteiger partial charge in [-0.3, -0.25) is 9.59 Å². The maximum atomic E-state index is 12.1. The molecule has 1 saturated carbocycles. The summed E-state index contributed by atoms with van der Waals surface area (Å²) in [7, 11) is 2.59. The van der Waals surface area contributed by atoms with Crippen molar-refractivity contribution in [3.05, 3.63) is 47.5 Å². The largest absolute Gasteiger partial charge is 0.468 e. The summed E-state index contributed by atoms with van der Waals surface area (Å²) < 4.78 is 9.63. The monoisotopic (exact) mass is 288 g/mol. The molecule has 1 atom stereocenters. The first kappa shape index (κ1) is 15.3. The van der Waals surface area contributed by atoms with Crippen molar-refractivity contribution in [1.82, 2.24) is 0 Å². The maximum Gasteiger partial charge on any atom is 0.323 e. The maximum absolute atomic E-state index is 12.1. The van der Waals surface area contributed by atoms with Crippen molar-refractivity contribution in [1.29, 1.82) is 0 Å². The Morgan fingerprint density at radius 3 is 2.33 bits per heavy atom. The van der Waals surface area contributed by atoms with E-state index in [2.05, 4.69) is 6.58 Å². The van der Waals surface area contributed by atoms with Crippen LogP contribution in [-0.2, 0) is 25.5 Å². The van der Waals surface area contributed by atoms with E-state index in [1.165, 1.54) is 14.2 Å². The molecule has 21 heavy (non-hydrogen) atoms. The van der Waals surface area contributed by atoms with E-state index in [-0.39, 0.29) is 5.92 Å². The van der Waals surface area contributed by atoms with Crippen LogP contribution >= 0.6 is 0 Å². The molecular formula is C17H20O4. The molecular weight excluding hydrogens is 268 g/mol. The van der Waals surface area contributed by atoms with Crippen molar-refractivity contribution in [2.24, 2.45) is 5.41 Å². The average Bonchev–Trinajstić information content (AvgIpc) is 3.22. The summed E-state index contributed by atoms with van der Waals surface area (Å²) in [6.07, 6.45) is 1.16. The minimum atomic E-state index is -1.19. The molecule has 0 saturated heterocycles. The average molecular weight is 288 g/mol. The van der Waals surface area contributed by atoms with E-state index < -0.39 is 17.4 Å². The van der Waals surface area contributed by atoms with Gasteiger partial charge in [0.25, 0.3) is 0 Å². The van der Waals surface area contributed by atoms with Crippen molar-refractivity contribution in [3.63, 3.8) is 0 Å². The fourth-order valence-corrected chi connectivity index (χ4v) is 2.90. The summed E-state index contributed by atoms with van der Waals surface area (Å²) in [5, 5.41) is 0. The zero-order valence-corrected chi connectivity index (χ0v) is 12.6. The van der Waals surface area contributed by atoms with Crippen LogP contribution in [0.15, 0.2) is 36.4 Å². The summed E-state index contributed by atoms with van der Waals surface area (Å²) in [6.45, 7) is 5.88. The van der Waals surface area contributed by atoms with Gasteiger partial charge in [0.15, 0.2) is 5.41 Å². The Bertz CT molecular complexity index is 572. The van der Waals surface area contributed by atoms with Gasteiger partial charge >= 0.3 is 11.9 Å². The number of carbonyl (C=O) groups excluding carboxylic acids is 2. The number of allylic oxidation sites excluding steroid dienone is 1. The van der Waals surface area contributed by atoms with Gasteiger partial charge in [-0.15, -0.1) is 0 Å². The van der Waals surface area contributed by atoms with Crippen LogP contribution < -0.4 is 0 Å². The summed E-state index contributed by atoms with van der Waals surface area (Å²) in [5.74, 6) is -1.23. The number of methoxy groups -OCH3 is 2. The fourth-order valence-electron chi connectivity index (χ4n) is 2.90. The molecule has 2 rings (SSSR count). The quantitative estimate of drug-likeness (QED) is 0.475. The standard InChI is InChI=1S/C17H20O4/c1-11(2)9-12-7-5-6-8-13(12)14-10-17(14,15(18)20-3)16(19)21-4/h5-8,14H,1,9-10H2,2-4H3. The lowest BCUT2D eigenvalue weighted by molar-refractivity contribution is -0.161. The lowest BCUT2D eigenvalue weighted by Gasteiger charge is -2.15. The van der Waals surface area contributed by atoms with Crippen molar-refractivity contribution in [2.75, 3.05) is 14.2 Å². The lowest BCUT2D eigenvalue weighted by atomic mass is 9.93. The third-order valence-electron chi connectivity index (χ3n) is 3.98. The zero-order valence-electron chi connectivity index (χ0n) is 12.6. The molecule has 1 aliphatic carbocycles. The van der Waals surface area contributed by atoms with Crippen LogP contribution in [0.1, 0.15) is 30.4 Å². The van der Waals surface area contributed by atoms with Crippen LogP contribution in [0, 0.1) is 5.41 Å². The molecule has 0 bridgehead atoms. The van der Waals surface area contributed by atoms with Gasteiger partial charge in [-0.05, 0) is 30.9 Å². The van der Waals surface area contributed by atoms with Crippen LogP contribution in [0.3, 0.4) is 0 Å². The van der Waals surface area contributed by atoms with Gasteiger partial charge in [0, 0.05) is 5.92 Å². The molecule has 1 fully saturated rings. The summed E-state index contributed by atoms with van der Waals surface area (Å²) in [4.78, 5) is 24.1. The molecule has 1 aromatic rings. The summed E-state index contributed by atoms with van der Waals surface area (Å²) >= 11 is 0. The highest BCUT2D eigenvalue weighted by molar-refractivity contribution is 6.05. The second-order valence-corrected chi connectivity index (χ2v) is 5.54. The highest BCUT2D eigenvalue weighted by Gasteiger charge is 2.68. The molecule has 0 spiro atoms. The van der Waals surface area contributed by atoms with Crippen molar-refractivity contribution in [2.45, 2.75) is 25.7 Å². The number of benzene rings is 1. The molecule has 0 aromatic heterocycles. The number of carbonyl (C=O) groups is 2. The first-order valence-electron chi connectivity index (χ1n) is 6.86. The Morgan fingerprint density at radius 1 is 1.24 bits per heavy atom. The summed E-state index contributed by atoms with van der Waals surface area (Å²) in [5.41, 5.74) is 1.93. The van der Waals surface area contributed by atoms with Gasteiger partial charge in [-0.25, -0.2) is 0 Å². The van der Waals surface area contributed by atoms with Gasteiger partial charge in [-0.1, -0.05) is 36.4 Å². The van der Waals surface area contributed by atoms with Crippen LogP contribution in [0.5, 0.6) is 0 Å². The SMILES string of the molecule is C=C(C)Cc1ccccc1C1CC1(C(=O)OC)C(=O)OC. The second-order valence-electron chi connectivity index (χ2n) is 5.54. The highest BCUT2D eigenvalue weighted by atomic mass is 16.5. The minimum Gasteiger partial charge on any atom is -0.468 e. The fraction of sp³-hybridized carbons (Fsp3) is 0.412. The minimum absolute atomic E-state index is 0.187. The highest BCUT2D eigenvalue weighted by Crippen LogP contribution is 2.61. The van der Waals surface area contributed by atoms with E-state index in [1.807, 2.05) is 31.2 Å². The number of ether oxygens (including phenoxy) is 2. The molecule has 4 heteroatoms. The first-order valence-corrected chi connectivity index (χ1v) is 6.86. The Labute approximate surface area is 124 Å². The van der Waals surface area contributed by atoms with Crippen LogP contribution in [0.2, 0.25) is 0 Å². The molecule has 1 unspecified atom stereocenters. The Hall–Kier alpha value is -2.10. The van der Waals surface area contributed by atoms with E-state index in [9.17, 15) is 9.59 Å². The lowest BCUT2D eigenvalue weighted by Crippen LogP contribution is -2.30. The Morgan fingerprint density at radius 2 is 1.81 bits per heavy atom. The van der Waals surface area contributed by atoms with Crippen LogP contribution in [-0.4, -0.2) is 26.2 Å². The zero-order chi connectivity index (χ0) is 15.6. The number of rotatable bonds is 5. The molecule has 112 valence electrons. The third kappa shape index (κ3) is 2.58. The van der Waals surface area contributed by atoms with Gasteiger partial charge in [0.05, 0.1) is 14.2 Å². The van der Waals surface area contributed by atoms with E-state index in [0.29, 0.717) is 6.42 Å². The van der Waals surface area contributed by atoms with Gasteiger partial charge in [0.2, 0.25) is 0 Å². The second kappa shape index (κ2) is 5.72. The van der Waals surface area contributed by atoms with Crippen LogP contribution in [0.25, 0.3) is 0 Å². The smallest absolute Gasteiger partial charge is 0.323 e. The Kier molecular flexibility index (Phi) is 4.16.